The van der Waals surface area contributed by atoms with Crippen LogP contribution in [0.5, 0.6) is 0 Å². The van der Waals surface area contributed by atoms with E-state index < -0.39 is 20.0 Å². The molecule has 2 saturated carbocycles. The zero-order chi connectivity index (χ0) is 51.6. The van der Waals surface area contributed by atoms with Crippen LogP contribution in [0.3, 0.4) is 0 Å². The van der Waals surface area contributed by atoms with E-state index in [2.05, 4.69) is 87.2 Å². The van der Waals surface area contributed by atoms with Crippen molar-refractivity contribution in [3.05, 3.63) is 83.1 Å². The summed E-state index contributed by atoms with van der Waals surface area (Å²) in [5.41, 5.74) is 4.44. The molecule has 4 heterocycles. The minimum Gasteiger partial charge on any atom is -0.327 e. The van der Waals surface area contributed by atoms with Gasteiger partial charge in [-0.15, -0.1) is 0 Å². The molecule has 0 aliphatic heterocycles. The Morgan fingerprint density at radius 3 is 1.45 bits per heavy atom. The molecule has 0 atom stereocenters. The number of aromatic nitrogens is 6. The molecule has 0 spiro atoms. The minimum absolute atomic E-state index is 0.0179. The Labute approximate surface area is 427 Å². The number of halogens is 1. The summed E-state index contributed by atoms with van der Waals surface area (Å²) in [5, 5.41) is 5.11. The molecule has 0 unspecified atom stereocenters. The lowest BCUT2D eigenvalue weighted by Crippen LogP contribution is -2.26. The van der Waals surface area contributed by atoms with Gasteiger partial charge < -0.3 is 19.8 Å². The quantitative estimate of drug-likeness (QED) is 0.119. The smallest absolute Gasteiger partial charge is 0.265 e. The first-order valence-corrected chi connectivity index (χ1v) is 28.2. The summed E-state index contributed by atoms with van der Waals surface area (Å²) in [4.78, 5) is 40.7. The molecule has 8 rings (SSSR count). The highest BCUT2D eigenvalue weighted by Crippen LogP contribution is 2.36. The summed E-state index contributed by atoms with van der Waals surface area (Å²) in [6, 6.07) is 15.7. The molecule has 0 saturated heterocycles. The zero-order valence-corrected chi connectivity index (χ0v) is 45.9. The molecule has 2 aliphatic rings. The first-order chi connectivity index (χ1) is 33.3. The first-order valence-electron chi connectivity index (χ1n) is 24.5. The van der Waals surface area contributed by atoms with E-state index >= 15 is 0 Å². The minimum atomic E-state index is -3.89. The monoisotopic (exact) mass is 1070 g/mol. The number of benzene rings is 2. The molecule has 71 heavy (non-hydrogen) atoms. The Hall–Kier alpha value is -5.40. The maximum Gasteiger partial charge on any atom is 0.265 e. The average molecular weight is 1070 g/mol. The topological polar surface area (TPSA) is 194 Å². The molecule has 16 nitrogen and oxygen atoms in total. The highest BCUT2D eigenvalue weighted by molar-refractivity contribution is 9.10. The summed E-state index contributed by atoms with van der Waals surface area (Å²) in [5.74, 6) is 3.36. The maximum absolute atomic E-state index is 13.4. The van der Waals surface area contributed by atoms with Crippen molar-refractivity contribution in [2.45, 2.75) is 153 Å². The van der Waals surface area contributed by atoms with Gasteiger partial charge in [-0.25, -0.2) is 36.8 Å². The number of sulfonamides is 2. The maximum atomic E-state index is 13.4. The largest absolute Gasteiger partial charge is 0.327 e. The van der Waals surface area contributed by atoms with E-state index in [1.54, 1.807) is 0 Å². The molecule has 2 aromatic carbocycles. The number of rotatable bonds is 12. The third kappa shape index (κ3) is 12.3. The summed E-state index contributed by atoms with van der Waals surface area (Å²) in [6.45, 7) is 17.6. The Bertz CT molecular complexity index is 3130. The summed E-state index contributed by atoms with van der Waals surface area (Å²) < 4.78 is 60.9. The lowest BCUT2D eigenvalue weighted by atomic mass is 9.88. The van der Waals surface area contributed by atoms with Gasteiger partial charge in [-0.1, -0.05) is 80.1 Å². The molecule has 2 fully saturated rings. The van der Waals surface area contributed by atoms with Crippen molar-refractivity contribution in [1.29, 1.82) is 0 Å². The molecule has 2 amide bonds. The second-order valence-corrected chi connectivity index (χ2v) is 25.9. The Kier molecular flexibility index (Phi) is 16.1. The lowest BCUT2D eigenvalue weighted by Gasteiger charge is -2.26. The zero-order valence-electron chi connectivity index (χ0n) is 42.7. The van der Waals surface area contributed by atoms with Crippen molar-refractivity contribution < 1.29 is 26.4 Å². The third-order valence-electron chi connectivity index (χ3n) is 13.3. The Morgan fingerprint density at radius 1 is 0.620 bits per heavy atom. The van der Waals surface area contributed by atoms with Crippen LogP contribution in [0.2, 0.25) is 0 Å². The predicted molar refractivity (Wildman–Crippen MR) is 286 cm³/mol. The second kappa shape index (κ2) is 21.4. The van der Waals surface area contributed by atoms with Crippen LogP contribution in [0.15, 0.2) is 81.3 Å². The molecule has 19 heteroatoms. The van der Waals surface area contributed by atoms with E-state index in [4.69, 9.17) is 9.97 Å². The van der Waals surface area contributed by atoms with Gasteiger partial charge >= 0.3 is 0 Å². The van der Waals surface area contributed by atoms with Crippen LogP contribution in [0.4, 0.5) is 23.0 Å². The van der Waals surface area contributed by atoms with Crippen LogP contribution in [0.25, 0.3) is 22.1 Å². The number of nitrogens with zero attached hydrogens (tertiary/aromatic N) is 8. The lowest BCUT2D eigenvalue weighted by molar-refractivity contribution is -0.115. The highest BCUT2D eigenvalue weighted by Gasteiger charge is 2.30. The van der Waals surface area contributed by atoms with Gasteiger partial charge in [0, 0.05) is 64.3 Å². The van der Waals surface area contributed by atoms with Crippen LogP contribution in [0, 0.1) is 11.8 Å². The SMILES string of the molecule is CC(=O)Nc1ccc(S(=O)(=O)N(C)c2ccc3c(c2)nc(C(C)(C)C)n3CC2CCCCC2)cn1.CC(=O)Nc1ncc(S(=O)(=O)N(C)c2ccc3c(c2)nc(C(C)(C)C)n3CC2CCCCC2)cc1Br. The van der Waals surface area contributed by atoms with Crippen LogP contribution < -0.4 is 19.2 Å². The fourth-order valence-corrected chi connectivity index (χ4v) is 12.5. The van der Waals surface area contributed by atoms with Crippen LogP contribution in [0.1, 0.15) is 131 Å². The van der Waals surface area contributed by atoms with Crippen molar-refractivity contribution in [2.24, 2.45) is 11.8 Å². The molecule has 2 aliphatic carbocycles. The number of hydrogen-bond donors (Lipinski definition) is 2. The number of carbonyl (C=O) groups excluding carboxylic acids is 2. The van der Waals surface area contributed by atoms with Gasteiger partial charge in [0.05, 0.1) is 37.9 Å². The van der Waals surface area contributed by atoms with Gasteiger partial charge in [0.15, 0.2) is 0 Å². The summed E-state index contributed by atoms with van der Waals surface area (Å²) >= 11 is 3.30. The molecule has 0 radical (unpaired) electrons. The fraction of sp³-hybridized carbons (Fsp3) is 0.500. The normalized spacial score (nSPS) is 15.3. The number of fused-ring (bicyclic) bond motifs is 2. The first kappa shape index (κ1) is 53.4. The standard InChI is InChI=1S/C26H34BrN5O3S.C26H35N5O3S/c1-17(33)29-24-21(27)14-20(15-28-24)36(34,35)31(5)19-11-12-23-22(13-19)30-25(26(2,3)4)32(23)16-18-9-7-6-8-10-18;1-18(32)28-24-14-12-21(16-27-24)35(33,34)30(5)20-11-13-23-22(15-20)29-25(26(2,3)4)31(23)17-19-9-7-6-8-10-19/h11-15,18H,6-10,16H2,1-5H3,(H,28,29,33);11-16,19H,6-10,17H2,1-5H3,(H,27,28,32). The van der Waals surface area contributed by atoms with Gasteiger partial charge in [-0.05, 0) is 108 Å². The van der Waals surface area contributed by atoms with E-state index in [0.717, 1.165) is 46.8 Å². The molecule has 2 N–H and O–H groups in total. The number of nitrogens with one attached hydrogen (secondary N) is 2. The second-order valence-electron chi connectivity index (χ2n) is 21.1. The van der Waals surface area contributed by atoms with Gasteiger partial charge in [0.2, 0.25) is 11.8 Å². The van der Waals surface area contributed by atoms with E-state index in [1.165, 1.54) is 131 Å². The van der Waals surface area contributed by atoms with Gasteiger partial charge in [0.1, 0.15) is 33.1 Å². The number of imidazole rings is 2. The van der Waals surface area contributed by atoms with Gasteiger partial charge in [-0.3, -0.25) is 18.2 Å². The van der Waals surface area contributed by atoms with Crippen LogP contribution in [-0.2, 0) is 53.6 Å². The van der Waals surface area contributed by atoms with E-state index in [-0.39, 0.29) is 38.3 Å². The van der Waals surface area contributed by atoms with E-state index in [1.807, 2.05) is 36.4 Å². The van der Waals surface area contributed by atoms with Crippen molar-refractivity contribution in [3.63, 3.8) is 0 Å². The van der Waals surface area contributed by atoms with Crippen LogP contribution in [-0.4, -0.2) is 71.8 Å². The van der Waals surface area contributed by atoms with E-state index in [9.17, 15) is 26.4 Å². The van der Waals surface area contributed by atoms with Crippen molar-refractivity contribution in [2.75, 3.05) is 33.3 Å². The molecule has 4 aromatic heterocycles. The van der Waals surface area contributed by atoms with Crippen LogP contribution >= 0.6 is 15.9 Å². The van der Waals surface area contributed by atoms with Crippen molar-refractivity contribution in [1.82, 2.24) is 29.1 Å². The highest BCUT2D eigenvalue weighted by atomic mass is 79.9. The molecule has 0 bridgehead atoms. The summed E-state index contributed by atoms with van der Waals surface area (Å²) in [7, 11) is -4.67. The fourth-order valence-electron chi connectivity index (χ4n) is 9.60. The van der Waals surface area contributed by atoms with Crippen molar-refractivity contribution in [3.8, 4) is 0 Å². The Morgan fingerprint density at radius 2 is 1.06 bits per heavy atom. The summed E-state index contributed by atoms with van der Waals surface area (Å²) in [6.07, 6.45) is 15.3. The van der Waals surface area contributed by atoms with Gasteiger partial charge in [-0.2, -0.15) is 0 Å². The number of pyridine rings is 2. The number of amides is 2. The molecule has 382 valence electrons. The van der Waals surface area contributed by atoms with Gasteiger partial charge in [0.25, 0.3) is 20.0 Å². The average Bonchev–Trinajstić information content (AvgIpc) is 3.88. The number of anilines is 4. The Balaban J connectivity index is 0.000000209. The van der Waals surface area contributed by atoms with E-state index in [0.29, 0.717) is 33.5 Å². The predicted octanol–water partition coefficient (Wildman–Crippen LogP) is 10.9. The molecular formula is C52H69BrN10O6S2. The van der Waals surface area contributed by atoms with Crippen molar-refractivity contribution >= 4 is 92.9 Å². The number of hydrogen-bond acceptors (Lipinski definition) is 10. The third-order valence-corrected chi connectivity index (χ3v) is 17.5. The molecular weight excluding hydrogens is 1000 g/mol. The number of carbonyl (C=O) groups is 2. The molecule has 6 aromatic rings.